The number of esters is 1. The van der Waals surface area contributed by atoms with E-state index in [9.17, 15) is 24.3 Å². The topological polar surface area (TPSA) is 170 Å². The number of aliphatic hydroxyl groups excluding tert-OH is 1. The molecule has 5 rings (SSSR count). The van der Waals surface area contributed by atoms with Gasteiger partial charge in [-0.2, -0.15) is 0 Å². The lowest BCUT2D eigenvalue weighted by atomic mass is 9.97. The molecule has 0 radical (unpaired) electrons. The normalized spacial score (nSPS) is 12.4. The van der Waals surface area contributed by atoms with Crippen molar-refractivity contribution in [2.24, 2.45) is 0 Å². The number of aliphatic hydroxyl groups is 1. The molecule has 2 aromatic carbocycles. The smallest absolute Gasteiger partial charge is 0.455 e. The second kappa shape index (κ2) is 13.4. The number of H-pyrrole nitrogens is 1. The number of hydrogen-bond acceptors (Lipinski definition) is 9. The molecule has 0 aliphatic heterocycles. The van der Waals surface area contributed by atoms with Crippen LogP contribution in [0.3, 0.4) is 0 Å². The van der Waals surface area contributed by atoms with Crippen molar-refractivity contribution in [1.29, 1.82) is 0 Å². The van der Waals surface area contributed by atoms with E-state index in [-0.39, 0.29) is 30.1 Å². The number of carbonyl (C=O) groups excluding carboxylic acids is 2. The zero-order valence-electron chi connectivity index (χ0n) is 23.4. The van der Waals surface area contributed by atoms with Crippen molar-refractivity contribution in [2.75, 3.05) is 0 Å². The predicted molar refractivity (Wildman–Crippen MR) is 158 cm³/mol. The van der Waals surface area contributed by atoms with Gasteiger partial charge in [-0.3, -0.25) is 14.7 Å². The molecule has 3 heterocycles. The quantitative estimate of drug-likeness (QED) is 0.187. The van der Waals surface area contributed by atoms with Crippen LogP contribution in [0.4, 0.5) is 0 Å². The number of benzene rings is 2. The minimum atomic E-state index is -1.63. The Morgan fingerprint density at radius 2 is 1.75 bits per heavy atom. The highest BCUT2D eigenvalue weighted by molar-refractivity contribution is 6.30. The molecule has 2 atom stereocenters. The monoisotopic (exact) mass is 618 g/mol. The maximum Gasteiger partial charge on any atom is 0.519 e. The average molecular weight is 619 g/mol. The Morgan fingerprint density at radius 3 is 2.39 bits per heavy atom. The molecule has 0 aliphatic rings. The van der Waals surface area contributed by atoms with Crippen molar-refractivity contribution in [3.05, 3.63) is 128 Å². The van der Waals surface area contributed by atoms with Crippen molar-refractivity contribution < 1.29 is 28.3 Å². The second-order valence-corrected chi connectivity index (χ2v) is 10.3. The van der Waals surface area contributed by atoms with Gasteiger partial charge in [-0.25, -0.2) is 19.3 Å². The molecule has 0 bridgehead atoms. The van der Waals surface area contributed by atoms with Gasteiger partial charge in [0.15, 0.2) is 30.0 Å². The first kappa shape index (κ1) is 30.3. The molecule has 0 saturated carbocycles. The highest BCUT2D eigenvalue weighted by Gasteiger charge is 2.26. The molecular weight excluding hydrogens is 592 g/mol. The van der Waals surface area contributed by atoms with Gasteiger partial charge < -0.3 is 24.0 Å². The highest BCUT2D eigenvalue weighted by Crippen LogP contribution is 2.23. The van der Waals surface area contributed by atoms with Crippen molar-refractivity contribution >= 4 is 23.5 Å². The number of hydrogen-bond donors (Lipinski definition) is 3. The molecule has 44 heavy (non-hydrogen) atoms. The number of halogens is 1. The second-order valence-electron chi connectivity index (χ2n) is 9.90. The first-order valence-electron chi connectivity index (χ1n) is 13.5. The molecule has 0 fully saturated rings. The van der Waals surface area contributed by atoms with Crippen molar-refractivity contribution in [3.63, 3.8) is 0 Å². The summed E-state index contributed by atoms with van der Waals surface area (Å²) in [5.41, 5.74) is 2.20. The van der Waals surface area contributed by atoms with E-state index in [4.69, 9.17) is 25.2 Å². The standard InChI is InChI=1S/C31H27ClN4O8/c1-18-26(44-31(41)43-18)17-42-30(40)25(37)15-23(14-19-5-7-20(8-6-19)21-9-11-22(32)12-10-21)34-29(39)24-16-28(38)36(35-24)27-4-2-3-13-33-27/h2-13,16,23,25,35,37H,14-15,17H2,1H3,(H,34,39)/t23-,25-/m1/s1. The largest absolute Gasteiger partial charge is 0.519 e. The summed E-state index contributed by atoms with van der Waals surface area (Å²) in [6, 6.07) is 20.3. The minimum Gasteiger partial charge on any atom is -0.455 e. The third-order valence-electron chi connectivity index (χ3n) is 6.75. The van der Waals surface area contributed by atoms with Crippen molar-refractivity contribution in [1.82, 2.24) is 20.1 Å². The van der Waals surface area contributed by atoms with Gasteiger partial charge in [0.1, 0.15) is 5.69 Å². The summed E-state index contributed by atoms with van der Waals surface area (Å²) in [6.07, 6.45) is -0.107. The third kappa shape index (κ3) is 7.41. The van der Waals surface area contributed by atoms with E-state index in [1.807, 2.05) is 36.4 Å². The van der Waals surface area contributed by atoms with Gasteiger partial charge in [-0.1, -0.05) is 54.1 Å². The molecule has 5 aromatic rings. The van der Waals surface area contributed by atoms with E-state index in [1.165, 1.54) is 13.1 Å². The van der Waals surface area contributed by atoms with Crippen LogP contribution in [0, 0.1) is 6.92 Å². The number of aryl methyl sites for hydroxylation is 1. The maximum absolute atomic E-state index is 13.2. The number of aromatic amines is 1. The molecule has 0 aliphatic carbocycles. The number of ether oxygens (including phenoxy) is 1. The zero-order chi connectivity index (χ0) is 31.2. The predicted octanol–water partition coefficient (Wildman–Crippen LogP) is 3.57. The van der Waals surface area contributed by atoms with Gasteiger partial charge in [0, 0.05) is 29.7 Å². The number of nitrogens with zero attached hydrogens (tertiary/aromatic N) is 2. The van der Waals surface area contributed by atoms with Gasteiger partial charge in [0.05, 0.1) is 0 Å². The average Bonchev–Trinajstić information content (AvgIpc) is 3.57. The van der Waals surface area contributed by atoms with Crippen LogP contribution in [0.25, 0.3) is 16.9 Å². The number of rotatable bonds is 11. The SMILES string of the molecule is Cc1oc(=O)oc1COC(=O)[C@H](O)C[C@@H](Cc1ccc(-c2ccc(Cl)cc2)cc1)NC(=O)c1cc(=O)n(-c2ccccn2)[nH]1. The number of carbonyl (C=O) groups is 2. The Balaban J connectivity index is 1.32. The fourth-order valence-electron chi connectivity index (χ4n) is 4.49. The maximum atomic E-state index is 13.2. The molecule has 12 nitrogen and oxygen atoms in total. The number of aromatic nitrogens is 3. The molecule has 3 aromatic heterocycles. The van der Waals surface area contributed by atoms with Crippen LogP contribution in [-0.4, -0.2) is 43.9 Å². The molecule has 1 amide bonds. The van der Waals surface area contributed by atoms with E-state index >= 15 is 0 Å². The fourth-order valence-corrected chi connectivity index (χ4v) is 4.62. The lowest BCUT2D eigenvalue weighted by Gasteiger charge is -2.21. The van der Waals surface area contributed by atoms with Crippen LogP contribution in [0.2, 0.25) is 5.02 Å². The minimum absolute atomic E-state index is 0.0163. The molecule has 0 unspecified atom stereocenters. The van der Waals surface area contributed by atoms with E-state index in [0.29, 0.717) is 10.8 Å². The summed E-state index contributed by atoms with van der Waals surface area (Å²) in [5.74, 6) is -2.08. The van der Waals surface area contributed by atoms with Crippen LogP contribution in [0.1, 0.15) is 34.0 Å². The highest BCUT2D eigenvalue weighted by atomic mass is 35.5. The van der Waals surface area contributed by atoms with E-state index in [1.54, 1.807) is 30.3 Å². The summed E-state index contributed by atoms with van der Waals surface area (Å²) in [6.45, 7) is 1.05. The van der Waals surface area contributed by atoms with Gasteiger partial charge in [0.2, 0.25) is 0 Å². The number of amides is 1. The molecule has 3 N–H and O–H groups in total. The van der Waals surface area contributed by atoms with Crippen LogP contribution < -0.4 is 16.7 Å². The van der Waals surface area contributed by atoms with E-state index < -0.39 is 42.0 Å². The summed E-state index contributed by atoms with van der Waals surface area (Å²) in [5, 5.41) is 16.9. The van der Waals surface area contributed by atoms with E-state index in [0.717, 1.165) is 27.4 Å². The Morgan fingerprint density at radius 1 is 1.05 bits per heavy atom. The molecule has 226 valence electrons. The summed E-state index contributed by atoms with van der Waals surface area (Å²) in [7, 11) is 0. The molecule has 0 saturated heterocycles. The lowest BCUT2D eigenvalue weighted by molar-refractivity contribution is -0.156. The zero-order valence-corrected chi connectivity index (χ0v) is 24.1. The summed E-state index contributed by atoms with van der Waals surface area (Å²) < 4.78 is 15.8. The molecule has 0 spiro atoms. The van der Waals surface area contributed by atoms with Crippen molar-refractivity contribution in [3.8, 4) is 16.9 Å². The molecule has 13 heteroatoms. The van der Waals surface area contributed by atoms with Gasteiger partial charge >= 0.3 is 11.8 Å². The van der Waals surface area contributed by atoms with Gasteiger partial charge in [0.25, 0.3) is 11.5 Å². The third-order valence-corrected chi connectivity index (χ3v) is 7.01. The van der Waals surface area contributed by atoms with Crippen molar-refractivity contribution in [2.45, 2.75) is 38.5 Å². The first-order chi connectivity index (χ1) is 21.2. The van der Waals surface area contributed by atoms with Crippen LogP contribution >= 0.6 is 11.6 Å². The first-order valence-corrected chi connectivity index (χ1v) is 13.9. The number of pyridine rings is 1. The van der Waals surface area contributed by atoms with Crippen LogP contribution in [0.15, 0.2) is 97.4 Å². The van der Waals surface area contributed by atoms with E-state index in [2.05, 4.69) is 15.4 Å². The van der Waals surface area contributed by atoms with Gasteiger partial charge in [-0.15, -0.1) is 0 Å². The number of nitrogens with one attached hydrogen (secondary N) is 2. The summed E-state index contributed by atoms with van der Waals surface area (Å²) >= 11 is 6.00. The fraction of sp³-hybridized carbons (Fsp3) is 0.194. The Bertz CT molecular complexity index is 1860. The Hall–Kier alpha value is -5.20. The van der Waals surface area contributed by atoms with Crippen LogP contribution in [0.5, 0.6) is 0 Å². The Kier molecular flexibility index (Phi) is 9.22. The lowest BCUT2D eigenvalue weighted by Crippen LogP contribution is -2.41. The molecular formula is C31H27ClN4O8. The summed E-state index contributed by atoms with van der Waals surface area (Å²) in [4.78, 5) is 53.7. The van der Waals surface area contributed by atoms with Crippen LogP contribution in [-0.2, 0) is 22.6 Å². The Labute approximate surface area is 254 Å². The van der Waals surface area contributed by atoms with Gasteiger partial charge in [-0.05, 0) is 54.3 Å².